The third-order valence-electron chi connectivity index (χ3n) is 6.13. The molecule has 0 aromatic heterocycles. The summed E-state index contributed by atoms with van der Waals surface area (Å²) >= 11 is 0. The monoisotopic (exact) mass is 372 g/mol. The number of hydrogen-bond donors (Lipinski definition) is 0. The molecule has 0 unspecified atom stereocenters. The van der Waals surface area contributed by atoms with Crippen LogP contribution in [0.4, 0.5) is 0 Å². The predicted molar refractivity (Wildman–Crippen MR) is 106 cm³/mol. The van der Waals surface area contributed by atoms with Gasteiger partial charge in [-0.2, -0.15) is 0 Å². The number of morpholine rings is 1. The maximum Gasteiger partial charge on any atom is 0.165 e. The second kappa shape index (κ2) is 9.09. The molecule has 0 saturated carbocycles. The summed E-state index contributed by atoms with van der Waals surface area (Å²) in [5, 5.41) is 0. The highest BCUT2D eigenvalue weighted by Gasteiger charge is 2.33. The average molecular weight is 373 g/mol. The summed E-state index contributed by atoms with van der Waals surface area (Å²) in [5.74, 6) is 3.41. The molecule has 148 valence electrons. The van der Waals surface area contributed by atoms with Crippen LogP contribution in [-0.4, -0.2) is 69.5 Å². The zero-order valence-electron chi connectivity index (χ0n) is 16.4. The van der Waals surface area contributed by atoms with E-state index < -0.39 is 0 Å². The van der Waals surface area contributed by atoms with Gasteiger partial charge in [0, 0.05) is 44.8 Å². The van der Waals surface area contributed by atoms with Gasteiger partial charge in [0.1, 0.15) is 6.61 Å². The molecule has 2 atom stereocenters. The van der Waals surface area contributed by atoms with Gasteiger partial charge in [-0.1, -0.05) is 24.3 Å². The smallest absolute Gasteiger partial charge is 0.165 e. The molecule has 0 radical (unpaired) electrons. The molecular formula is C22H32N2O3. The minimum absolute atomic E-state index is 0.683. The lowest BCUT2D eigenvalue weighted by Crippen LogP contribution is -2.38. The summed E-state index contributed by atoms with van der Waals surface area (Å²) in [4.78, 5) is 4.99. The Morgan fingerprint density at radius 1 is 1.04 bits per heavy atom. The lowest BCUT2D eigenvalue weighted by Gasteiger charge is -2.27. The number of methoxy groups -OCH3 is 1. The van der Waals surface area contributed by atoms with E-state index in [9.17, 15) is 0 Å². The van der Waals surface area contributed by atoms with Gasteiger partial charge in [-0.3, -0.25) is 9.80 Å². The number of allylic oxidation sites excluding steroid dienone is 2. The maximum absolute atomic E-state index is 6.24. The first-order valence-electron chi connectivity index (χ1n) is 10.3. The molecule has 2 heterocycles. The van der Waals surface area contributed by atoms with E-state index in [0.717, 1.165) is 62.7 Å². The first kappa shape index (κ1) is 18.8. The molecule has 2 fully saturated rings. The van der Waals surface area contributed by atoms with Crippen LogP contribution in [-0.2, 0) is 11.3 Å². The molecule has 27 heavy (non-hydrogen) atoms. The van der Waals surface area contributed by atoms with Crippen LogP contribution in [0.5, 0.6) is 11.5 Å². The predicted octanol–water partition coefficient (Wildman–Crippen LogP) is 2.80. The quantitative estimate of drug-likeness (QED) is 0.688. The van der Waals surface area contributed by atoms with E-state index in [4.69, 9.17) is 14.2 Å². The number of nitrogens with zero attached hydrogens (tertiary/aromatic N) is 2. The molecule has 0 bridgehead atoms. The first-order chi connectivity index (χ1) is 13.3. The van der Waals surface area contributed by atoms with Gasteiger partial charge < -0.3 is 14.2 Å². The number of para-hydroxylation sites is 1. The number of rotatable bonds is 7. The number of ether oxygens (including phenoxy) is 3. The lowest BCUT2D eigenvalue weighted by atomic mass is 9.86. The van der Waals surface area contributed by atoms with E-state index in [1.165, 1.54) is 31.5 Å². The Hall–Kier alpha value is -1.56. The first-order valence-corrected chi connectivity index (χ1v) is 10.3. The van der Waals surface area contributed by atoms with Crippen molar-refractivity contribution >= 4 is 0 Å². The third kappa shape index (κ3) is 4.65. The van der Waals surface area contributed by atoms with Crippen LogP contribution in [0.1, 0.15) is 18.4 Å². The van der Waals surface area contributed by atoms with E-state index in [1.807, 2.05) is 6.07 Å². The zero-order chi connectivity index (χ0) is 18.5. The average Bonchev–Trinajstić information content (AvgIpc) is 3.12. The van der Waals surface area contributed by atoms with E-state index in [0.29, 0.717) is 6.61 Å². The van der Waals surface area contributed by atoms with Crippen LogP contribution < -0.4 is 9.47 Å². The standard InChI is InChI=1S/C22H32N2O3/c1-25-21-8-4-7-20(17-24-15-18-5-2-3-6-19(18)16-24)22(21)27-14-11-23-9-12-26-13-10-23/h2-4,7-8,18-19H,5-6,9-17H2,1H3/t18-,19+. The Bertz CT molecular complexity index is 626. The van der Waals surface area contributed by atoms with Crippen molar-refractivity contribution in [2.45, 2.75) is 19.4 Å². The minimum atomic E-state index is 0.683. The largest absolute Gasteiger partial charge is 0.493 e. The summed E-state index contributed by atoms with van der Waals surface area (Å²) in [7, 11) is 1.73. The van der Waals surface area contributed by atoms with Crippen molar-refractivity contribution in [2.75, 3.05) is 59.7 Å². The van der Waals surface area contributed by atoms with Crippen molar-refractivity contribution in [1.29, 1.82) is 0 Å². The summed E-state index contributed by atoms with van der Waals surface area (Å²) in [6.07, 6.45) is 7.19. The van der Waals surface area contributed by atoms with Crippen molar-refractivity contribution in [1.82, 2.24) is 9.80 Å². The number of fused-ring (bicyclic) bond motifs is 1. The topological polar surface area (TPSA) is 34.2 Å². The Morgan fingerprint density at radius 3 is 2.48 bits per heavy atom. The SMILES string of the molecule is COc1cccc(CN2C[C@H]3CC=CC[C@H]3C2)c1OCCN1CCOCC1. The van der Waals surface area contributed by atoms with Crippen LogP contribution >= 0.6 is 0 Å². The molecule has 0 spiro atoms. The van der Waals surface area contributed by atoms with Crippen molar-refractivity contribution < 1.29 is 14.2 Å². The fourth-order valence-electron chi connectivity index (χ4n) is 4.59. The molecule has 2 saturated heterocycles. The van der Waals surface area contributed by atoms with Crippen molar-refractivity contribution in [3.8, 4) is 11.5 Å². The molecule has 2 aliphatic heterocycles. The fourth-order valence-corrected chi connectivity index (χ4v) is 4.59. The molecule has 0 amide bonds. The van der Waals surface area contributed by atoms with E-state index in [-0.39, 0.29) is 0 Å². The van der Waals surface area contributed by atoms with Gasteiger partial charge in [-0.05, 0) is 30.7 Å². The fraction of sp³-hybridized carbons (Fsp3) is 0.636. The Kier molecular flexibility index (Phi) is 6.32. The van der Waals surface area contributed by atoms with Crippen LogP contribution in [0.25, 0.3) is 0 Å². The summed E-state index contributed by atoms with van der Waals surface area (Å²) < 4.78 is 17.3. The Labute approximate surface area is 162 Å². The number of likely N-dealkylation sites (tertiary alicyclic amines) is 1. The van der Waals surface area contributed by atoms with E-state index in [1.54, 1.807) is 7.11 Å². The van der Waals surface area contributed by atoms with Gasteiger partial charge in [-0.25, -0.2) is 0 Å². The molecular weight excluding hydrogens is 340 g/mol. The summed E-state index contributed by atoms with van der Waals surface area (Å²) in [5.41, 5.74) is 1.24. The van der Waals surface area contributed by atoms with Crippen molar-refractivity contribution in [2.24, 2.45) is 11.8 Å². The van der Waals surface area contributed by atoms with E-state index in [2.05, 4.69) is 34.1 Å². The summed E-state index contributed by atoms with van der Waals surface area (Å²) in [6.45, 7) is 8.58. The highest BCUT2D eigenvalue weighted by atomic mass is 16.5. The molecule has 1 aliphatic carbocycles. The zero-order valence-corrected chi connectivity index (χ0v) is 16.4. The van der Waals surface area contributed by atoms with Crippen molar-refractivity contribution in [3.05, 3.63) is 35.9 Å². The lowest BCUT2D eigenvalue weighted by molar-refractivity contribution is 0.0320. The van der Waals surface area contributed by atoms with Gasteiger partial charge in [0.2, 0.25) is 0 Å². The maximum atomic E-state index is 6.24. The molecule has 5 heteroatoms. The highest BCUT2D eigenvalue weighted by Crippen LogP contribution is 2.36. The second-order valence-corrected chi connectivity index (χ2v) is 7.91. The molecule has 0 N–H and O–H groups in total. The van der Waals surface area contributed by atoms with Crippen LogP contribution in [0.3, 0.4) is 0 Å². The minimum Gasteiger partial charge on any atom is -0.493 e. The van der Waals surface area contributed by atoms with E-state index >= 15 is 0 Å². The second-order valence-electron chi connectivity index (χ2n) is 7.91. The van der Waals surface area contributed by atoms with Gasteiger partial charge >= 0.3 is 0 Å². The Morgan fingerprint density at radius 2 is 1.78 bits per heavy atom. The van der Waals surface area contributed by atoms with Crippen molar-refractivity contribution in [3.63, 3.8) is 0 Å². The Balaban J connectivity index is 1.38. The molecule has 1 aromatic rings. The number of hydrogen-bond acceptors (Lipinski definition) is 5. The van der Waals surface area contributed by atoms with Gasteiger partial charge in [-0.15, -0.1) is 0 Å². The van der Waals surface area contributed by atoms with Gasteiger partial charge in [0.25, 0.3) is 0 Å². The molecule has 5 nitrogen and oxygen atoms in total. The van der Waals surface area contributed by atoms with Crippen LogP contribution in [0.15, 0.2) is 30.4 Å². The summed E-state index contributed by atoms with van der Waals surface area (Å²) in [6, 6.07) is 6.27. The van der Waals surface area contributed by atoms with Crippen LogP contribution in [0, 0.1) is 11.8 Å². The van der Waals surface area contributed by atoms with Crippen LogP contribution in [0.2, 0.25) is 0 Å². The molecule has 1 aromatic carbocycles. The number of benzene rings is 1. The molecule has 3 aliphatic rings. The highest BCUT2D eigenvalue weighted by molar-refractivity contribution is 5.46. The molecule has 4 rings (SSSR count). The van der Waals surface area contributed by atoms with Gasteiger partial charge in [0.15, 0.2) is 11.5 Å². The normalized spacial score (nSPS) is 26.1. The van der Waals surface area contributed by atoms with Gasteiger partial charge in [0.05, 0.1) is 20.3 Å². The third-order valence-corrected chi connectivity index (χ3v) is 6.13.